The molecule has 4 heteroatoms. The summed E-state index contributed by atoms with van der Waals surface area (Å²) in [5, 5.41) is 3.22. The molecule has 2 nitrogen and oxygen atoms in total. The highest BCUT2D eigenvalue weighted by Gasteiger charge is 1.89. The largest absolute Gasteiger partial charge is 0.316 e. The molecule has 0 aliphatic heterocycles. The molecule has 10 heavy (non-hydrogen) atoms. The van der Waals surface area contributed by atoms with E-state index in [1.165, 1.54) is 10.8 Å². The molecule has 1 atom stereocenters. The van der Waals surface area contributed by atoms with Gasteiger partial charge < -0.3 is 5.32 Å². The highest BCUT2D eigenvalue weighted by molar-refractivity contribution is 14.1. The van der Waals surface area contributed by atoms with Crippen molar-refractivity contribution in [1.29, 1.82) is 0 Å². The zero-order valence-electron chi connectivity index (χ0n) is 6.23. The molecule has 0 aliphatic carbocycles. The number of halogens is 1. The van der Waals surface area contributed by atoms with Gasteiger partial charge in [-0.25, -0.2) is 0 Å². The monoisotopic (exact) mass is 275 g/mol. The van der Waals surface area contributed by atoms with Crippen molar-refractivity contribution in [3.05, 3.63) is 0 Å². The molecule has 0 aromatic heterocycles. The maximum Gasteiger partial charge on any atom is 0.0357 e. The Balaban J connectivity index is 2.84. The Morgan fingerprint density at radius 3 is 2.70 bits per heavy atom. The van der Waals surface area contributed by atoms with Gasteiger partial charge in [0, 0.05) is 33.8 Å². The van der Waals surface area contributed by atoms with Crippen molar-refractivity contribution >= 4 is 33.4 Å². The van der Waals surface area contributed by atoms with E-state index in [1.807, 2.05) is 0 Å². The third-order valence-electron chi connectivity index (χ3n) is 1.05. The van der Waals surface area contributed by atoms with E-state index in [0.29, 0.717) is 0 Å². The first kappa shape index (κ1) is 10.8. The molecule has 0 fully saturated rings. The summed E-state index contributed by atoms with van der Waals surface area (Å²) < 4.78 is 11.7. The lowest BCUT2D eigenvalue weighted by Crippen LogP contribution is -2.21. The molecule has 0 bridgehead atoms. The smallest absolute Gasteiger partial charge is 0.0357 e. The third-order valence-corrected chi connectivity index (χ3v) is 2.60. The summed E-state index contributed by atoms with van der Waals surface area (Å²) in [5.74, 6) is 0.779. The average Bonchev–Trinajstić information content (AvgIpc) is 1.87. The molecule has 0 aromatic carbocycles. The highest BCUT2D eigenvalue weighted by atomic mass is 127. The molecule has 1 N–H and O–H groups in total. The minimum atomic E-state index is -0.635. The van der Waals surface area contributed by atoms with Gasteiger partial charge in [-0.15, -0.1) is 0 Å². The van der Waals surface area contributed by atoms with E-state index >= 15 is 0 Å². The Morgan fingerprint density at radius 2 is 2.20 bits per heavy atom. The lowest BCUT2D eigenvalue weighted by molar-refractivity contribution is 0.674. The van der Waals surface area contributed by atoms with Crippen LogP contribution in [0.4, 0.5) is 0 Å². The van der Waals surface area contributed by atoms with Crippen LogP contribution in [0.3, 0.4) is 0 Å². The minimum Gasteiger partial charge on any atom is -0.316 e. The van der Waals surface area contributed by atoms with Crippen LogP contribution < -0.4 is 5.32 Å². The first-order valence-corrected chi connectivity index (χ1v) is 6.59. The van der Waals surface area contributed by atoms with E-state index in [0.717, 1.165) is 18.8 Å². The van der Waals surface area contributed by atoms with E-state index in [4.69, 9.17) is 0 Å². The summed E-state index contributed by atoms with van der Waals surface area (Å²) in [6, 6.07) is 0. The van der Waals surface area contributed by atoms with Crippen molar-refractivity contribution in [2.24, 2.45) is 0 Å². The first-order valence-electron chi connectivity index (χ1n) is 3.34. The van der Waals surface area contributed by atoms with Gasteiger partial charge in [-0.2, -0.15) is 0 Å². The Morgan fingerprint density at radius 1 is 1.50 bits per heavy atom. The Bertz CT molecular complexity index is 99.7. The fraction of sp³-hybridized carbons (Fsp3) is 1.00. The average molecular weight is 275 g/mol. The molecule has 0 heterocycles. The van der Waals surface area contributed by atoms with Gasteiger partial charge in [-0.05, 0) is 13.0 Å². The second-order valence-corrected chi connectivity index (χ2v) is 4.70. The van der Waals surface area contributed by atoms with Gasteiger partial charge in [-0.1, -0.05) is 22.6 Å². The van der Waals surface area contributed by atoms with Crippen LogP contribution in [0.25, 0.3) is 0 Å². The van der Waals surface area contributed by atoms with Gasteiger partial charge in [-0.3, -0.25) is 4.21 Å². The fourth-order valence-electron chi connectivity index (χ4n) is 0.533. The molecular weight excluding hydrogens is 261 g/mol. The molecule has 0 aliphatic rings. The lowest BCUT2D eigenvalue weighted by atomic mass is 10.5. The molecule has 62 valence electrons. The van der Waals surface area contributed by atoms with Gasteiger partial charge >= 0.3 is 0 Å². The number of alkyl halides is 1. The Kier molecular flexibility index (Phi) is 8.61. The van der Waals surface area contributed by atoms with E-state index in [-0.39, 0.29) is 0 Å². The maximum atomic E-state index is 10.5. The van der Waals surface area contributed by atoms with Crippen molar-refractivity contribution in [2.75, 3.05) is 29.5 Å². The van der Waals surface area contributed by atoms with Crippen molar-refractivity contribution < 1.29 is 4.21 Å². The second-order valence-electron chi connectivity index (χ2n) is 2.07. The van der Waals surface area contributed by atoms with Crippen LogP contribution in [-0.4, -0.2) is 33.7 Å². The van der Waals surface area contributed by atoms with Crippen LogP contribution in [0, 0.1) is 0 Å². The van der Waals surface area contributed by atoms with Crippen LogP contribution in [0.2, 0.25) is 0 Å². The van der Waals surface area contributed by atoms with Crippen molar-refractivity contribution in [1.82, 2.24) is 5.32 Å². The molecule has 0 rings (SSSR count). The van der Waals surface area contributed by atoms with Crippen LogP contribution in [0.15, 0.2) is 0 Å². The van der Waals surface area contributed by atoms with E-state index < -0.39 is 10.8 Å². The SMILES string of the molecule is CS(=O)CCNCCCI. The van der Waals surface area contributed by atoms with Crippen molar-refractivity contribution in [3.8, 4) is 0 Å². The van der Waals surface area contributed by atoms with Crippen molar-refractivity contribution in [2.45, 2.75) is 6.42 Å². The molecule has 0 aromatic rings. The summed E-state index contributed by atoms with van der Waals surface area (Å²) in [5.41, 5.74) is 0. The Hall–Kier alpha value is 0.840. The molecule has 0 amide bonds. The summed E-state index contributed by atoms with van der Waals surface area (Å²) in [7, 11) is -0.635. The van der Waals surface area contributed by atoms with Crippen LogP contribution in [0.1, 0.15) is 6.42 Å². The van der Waals surface area contributed by atoms with E-state index in [2.05, 4.69) is 27.9 Å². The van der Waals surface area contributed by atoms with Crippen LogP contribution in [0.5, 0.6) is 0 Å². The summed E-state index contributed by atoms with van der Waals surface area (Å²) in [6.45, 7) is 1.94. The number of nitrogens with one attached hydrogen (secondary N) is 1. The molecule has 0 spiro atoms. The fourth-order valence-corrected chi connectivity index (χ4v) is 1.35. The predicted octanol–water partition coefficient (Wildman–Crippen LogP) is 0.780. The predicted molar refractivity (Wildman–Crippen MR) is 55.3 cm³/mol. The summed E-state index contributed by atoms with van der Waals surface area (Å²) in [6.07, 6.45) is 2.94. The van der Waals surface area contributed by atoms with Gasteiger partial charge in [0.25, 0.3) is 0 Å². The summed E-state index contributed by atoms with van der Waals surface area (Å²) >= 11 is 2.35. The molecule has 0 saturated heterocycles. The van der Waals surface area contributed by atoms with Gasteiger partial charge in [0.05, 0.1) is 0 Å². The van der Waals surface area contributed by atoms with Crippen LogP contribution >= 0.6 is 22.6 Å². The van der Waals surface area contributed by atoms with Crippen LogP contribution in [-0.2, 0) is 10.8 Å². The van der Waals surface area contributed by atoms with E-state index in [9.17, 15) is 4.21 Å². The van der Waals surface area contributed by atoms with Gasteiger partial charge in [0.1, 0.15) is 0 Å². The Labute approximate surface area is 78.7 Å². The van der Waals surface area contributed by atoms with Gasteiger partial charge in [0.2, 0.25) is 0 Å². The topological polar surface area (TPSA) is 29.1 Å². The zero-order valence-corrected chi connectivity index (χ0v) is 9.20. The number of hydrogen-bond acceptors (Lipinski definition) is 2. The highest BCUT2D eigenvalue weighted by Crippen LogP contribution is 1.84. The molecule has 0 saturated carbocycles. The third kappa shape index (κ3) is 8.84. The van der Waals surface area contributed by atoms with Crippen molar-refractivity contribution in [3.63, 3.8) is 0 Å². The molecule has 1 unspecified atom stereocenters. The van der Waals surface area contributed by atoms with E-state index in [1.54, 1.807) is 6.26 Å². The normalized spacial score (nSPS) is 13.4. The number of hydrogen-bond donors (Lipinski definition) is 1. The standard InChI is InChI=1S/C6H14INOS/c1-10(9)6-5-8-4-2-3-7/h8H,2-6H2,1H3. The lowest BCUT2D eigenvalue weighted by Gasteiger charge is -1.99. The number of rotatable bonds is 6. The quantitative estimate of drug-likeness (QED) is 0.441. The second kappa shape index (κ2) is 7.94. The first-order chi connectivity index (χ1) is 4.77. The minimum absolute atomic E-state index is 0.635. The summed E-state index contributed by atoms with van der Waals surface area (Å²) in [4.78, 5) is 0. The molecular formula is C6H14INOS. The molecule has 0 radical (unpaired) electrons. The zero-order chi connectivity index (χ0) is 7.82. The van der Waals surface area contributed by atoms with Gasteiger partial charge in [0.15, 0.2) is 0 Å². The maximum absolute atomic E-state index is 10.5.